The lowest BCUT2D eigenvalue weighted by atomic mass is 9.88. The molecule has 2 aromatic heterocycles. The van der Waals surface area contributed by atoms with E-state index in [2.05, 4.69) is 11.4 Å². The minimum atomic E-state index is -0.469. The zero-order valence-corrected chi connectivity index (χ0v) is 25.2. The van der Waals surface area contributed by atoms with Crippen molar-refractivity contribution < 1.29 is 23.8 Å². The number of aromatic nitrogens is 2. The Balaban J connectivity index is 1.03. The molecule has 1 N–H and O–H groups in total. The average molecular weight is 621 g/mol. The van der Waals surface area contributed by atoms with E-state index in [0.29, 0.717) is 55.4 Å². The molecule has 1 aliphatic carbocycles. The van der Waals surface area contributed by atoms with E-state index in [4.69, 9.17) is 19.2 Å². The molecule has 2 aromatic carbocycles. The van der Waals surface area contributed by atoms with Crippen LogP contribution in [-0.2, 0) is 22.6 Å². The number of pyridine rings is 2. The minimum Gasteiger partial charge on any atom is -0.497 e. The molecule has 0 radical (unpaired) electrons. The fourth-order valence-electron chi connectivity index (χ4n) is 6.55. The summed E-state index contributed by atoms with van der Waals surface area (Å²) in [5.74, 6) is 1.75. The Hall–Kier alpha value is -5.41. The summed E-state index contributed by atoms with van der Waals surface area (Å²) >= 11 is 0. The van der Waals surface area contributed by atoms with Crippen LogP contribution in [0.3, 0.4) is 0 Å². The number of rotatable bonds is 8. The van der Waals surface area contributed by atoms with Gasteiger partial charge in [0.1, 0.15) is 17.7 Å². The molecule has 2 aliphatic heterocycles. The third-order valence-corrected chi connectivity index (χ3v) is 8.91. The number of nitriles is 1. The zero-order valence-electron chi connectivity index (χ0n) is 25.2. The summed E-state index contributed by atoms with van der Waals surface area (Å²) in [7, 11) is 1.60. The fourth-order valence-corrected chi connectivity index (χ4v) is 6.55. The first kappa shape index (κ1) is 29.3. The van der Waals surface area contributed by atoms with Gasteiger partial charge in [0.25, 0.3) is 11.5 Å². The molecule has 3 aliphatic rings. The van der Waals surface area contributed by atoms with Crippen molar-refractivity contribution in [2.24, 2.45) is 0 Å². The second-order valence-corrected chi connectivity index (χ2v) is 11.6. The number of nitrogens with one attached hydrogen (secondary N) is 1. The van der Waals surface area contributed by atoms with Crippen molar-refractivity contribution in [3.8, 4) is 17.6 Å². The molecule has 7 rings (SSSR count). The van der Waals surface area contributed by atoms with Gasteiger partial charge in [-0.25, -0.2) is 9.78 Å². The van der Waals surface area contributed by atoms with E-state index in [1.807, 2.05) is 30.3 Å². The Morgan fingerprint density at radius 1 is 1.04 bits per heavy atom. The van der Waals surface area contributed by atoms with Gasteiger partial charge in [-0.3, -0.25) is 19.4 Å². The number of ether oxygens (including phenoxy) is 3. The summed E-state index contributed by atoms with van der Waals surface area (Å²) in [6.45, 7) is 1.18. The van der Waals surface area contributed by atoms with Crippen molar-refractivity contribution in [2.75, 3.05) is 30.1 Å². The zero-order chi connectivity index (χ0) is 31.8. The van der Waals surface area contributed by atoms with Crippen LogP contribution in [0.25, 0.3) is 10.9 Å². The number of carbonyl (C=O) groups is 2. The number of nitrogens with zero attached hydrogens (tertiary/aromatic N) is 5. The van der Waals surface area contributed by atoms with Crippen molar-refractivity contribution in [1.29, 1.82) is 5.26 Å². The molecule has 12 heteroatoms. The molecular weight excluding hydrogens is 588 g/mol. The predicted octanol–water partition coefficient (Wildman–Crippen LogP) is 3.74. The lowest BCUT2D eigenvalue weighted by Gasteiger charge is -2.34. The number of fused-ring (bicyclic) bond motifs is 3. The maximum absolute atomic E-state index is 13.2. The molecule has 2 fully saturated rings. The van der Waals surface area contributed by atoms with Gasteiger partial charge in [-0.05, 0) is 66.3 Å². The van der Waals surface area contributed by atoms with Crippen LogP contribution in [0.5, 0.6) is 11.5 Å². The number of hydrogen-bond acceptors (Lipinski definition) is 9. The lowest BCUT2D eigenvalue weighted by molar-refractivity contribution is -0.121. The van der Waals surface area contributed by atoms with Gasteiger partial charge in [0, 0.05) is 31.6 Å². The van der Waals surface area contributed by atoms with Gasteiger partial charge in [0.2, 0.25) is 0 Å². The average Bonchev–Trinajstić information content (AvgIpc) is 3.41. The highest BCUT2D eigenvalue weighted by molar-refractivity contribution is 5.97. The van der Waals surface area contributed by atoms with Crippen LogP contribution in [0.1, 0.15) is 30.4 Å². The molecule has 1 saturated carbocycles. The molecule has 4 aromatic rings. The highest BCUT2D eigenvalue weighted by atomic mass is 16.6. The van der Waals surface area contributed by atoms with Gasteiger partial charge in [-0.1, -0.05) is 18.2 Å². The summed E-state index contributed by atoms with van der Waals surface area (Å²) < 4.78 is 18.4. The molecular formula is C34H32N6O6. The quantitative estimate of drug-likeness (QED) is 0.312. The number of benzene rings is 2. The standard InChI is InChI=1S/C34H32N6O6/c1-44-25-8-3-21(4-9-25)19-39-32(42)20-45-28-11-12-30(37-33(28)39)40-26-10-7-24(17-29(26)46-34(40)43)36-14-15-38-27-16-22(18-35)2-5-23(27)6-13-31(38)41/h2-6,8-9,11-13,16,24,26,29,36H,7,10,14-15,17,19-20H2,1H3/t24-,26-,29-/m1/s1. The van der Waals surface area contributed by atoms with E-state index in [1.165, 1.54) is 0 Å². The van der Waals surface area contributed by atoms with Crippen molar-refractivity contribution in [3.63, 3.8) is 0 Å². The predicted molar refractivity (Wildman–Crippen MR) is 169 cm³/mol. The summed E-state index contributed by atoms with van der Waals surface area (Å²) in [5, 5.41) is 13.7. The Morgan fingerprint density at radius 3 is 2.67 bits per heavy atom. The van der Waals surface area contributed by atoms with E-state index in [-0.39, 0.29) is 36.3 Å². The topological polar surface area (TPSA) is 139 Å². The van der Waals surface area contributed by atoms with Crippen molar-refractivity contribution >= 4 is 34.5 Å². The Bertz CT molecular complexity index is 1920. The summed E-state index contributed by atoms with van der Waals surface area (Å²) in [5.41, 5.74) is 2.01. The van der Waals surface area contributed by atoms with Crippen LogP contribution in [0.4, 0.5) is 16.4 Å². The largest absolute Gasteiger partial charge is 0.497 e. The van der Waals surface area contributed by atoms with Crippen LogP contribution in [-0.4, -0.2) is 60.0 Å². The lowest BCUT2D eigenvalue weighted by Crippen LogP contribution is -2.47. The first-order chi connectivity index (χ1) is 22.4. The molecule has 4 heterocycles. The molecule has 3 atom stereocenters. The Kier molecular flexibility index (Phi) is 7.76. The maximum Gasteiger partial charge on any atom is 0.416 e. The van der Waals surface area contributed by atoms with Crippen LogP contribution in [0, 0.1) is 11.3 Å². The van der Waals surface area contributed by atoms with E-state index in [9.17, 15) is 19.6 Å². The molecule has 0 bridgehead atoms. The third kappa shape index (κ3) is 5.50. The maximum atomic E-state index is 13.2. The highest BCUT2D eigenvalue weighted by Gasteiger charge is 2.47. The fraction of sp³-hybridized carbons (Fsp3) is 0.324. The van der Waals surface area contributed by atoms with E-state index < -0.39 is 6.09 Å². The normalized spacial score (nSPS) is 20.5. The van der Waals surface area contributed by atoms with Crippen LogP contribution in [0.2, 0.25) is 0 Å². The summed E-state index contributed by atoms with van der Waals surface area (Å²) in [6, 6.07) is 21.6. The number of carbonyl (C=O) groups excluding carboxylic acids is 2. The van der Waals surface area contributed by atoms with Gasteiger partial charge in [0.15, 0.2) is 18.2 Å². The van der Waals surface area contributed by atoms with Gasteiger partial charge in [0.05, 0.1) is 36.8 Å². The van der Waals surface area contributed by atoms with E-state index in [0.717, 1.165) is 28.6 Å². The van der Waals surface area contributed by atoms with Gasteiger partial charge in [-0.15, -0.1) is 0 Å². The summed E-state index contributed by atoms with van der Waals surface area (Å²) in [6.07, 6.45) is 1.31. The van der Waals surface area contributed by atoms with Crippen molar-refractivity contribution in [2.45, 2.75) is 50.5 Å². The molecule has 12 nitrogen and oxygen atoms in total. The Morgan fingerprint density at radius 2 is 1.87 bits per heavy atom. The van der Waals surface area contributed by atoms with Crippen LogP contribution in [0.15, 0.2) is 71.5 Å². The number of methoxy groups -OCH3 is 1. The van der Waals surface area contributed by atoms with Crippen molar-refractivity contribution in [3.05, 3.63) is 88.2 Å². The van der Waals surface area contributed by atoms with E-state index in [1.54, 1.807) is 57.9 Å². The van der Waals surface area contributed by atoms with Gasteiger partial charge in [-0.2, -0.15) is 5.26 Å². The number of amides is 2. The molecule has 2 amide bonds. The van der Waals surface area contributed by atoms with Gasteiger partial charge >= 0.3 is 6.09 Å². The van der Waals surface area contributed by atoms with E-state index >= 15 is 0 Å². The molecule has 0 unspecified atom stereocenters. The van der Waals surface area contributed by atoms with Crippen LogP contribution >= 0.6 is 0 Å². The van der Waals surface area contributed by atoms with Crippen molar-refractivity contribution in [1.82, 2.24) is 14.9 Å². The highest BCUT2D eigenvalue weighted by Crippen LogP contribution is 2.39. The van der Waals surface area contributed by atoms with Crippen LogP contribution < -0.4 is 30.1 Å². The second-order valence-electron chi connectivity index (χ2n) is 11.6. The molecule has 234 valence electrons. The number of anilines is 2. The van der Waals surface area contributed by atoms with Gasteiger partial charge < -0.3 is 24.1 Å². The molecule has 46 heavy (non-hydrogen) atoms. The molecule has 1 saturated heterocycles. The Labute approximate surface area is 264 Å². The third-order valence-electron chi connectivity index (χ3n) is 8.91. The molecule has 0 spiro atoms. The first-order valence-corrected chi connectivity index (χ1v) is 15.3. The first-order valence-electron chi connectivity index (χ1n) is 15.3. The monoisotopic (exact) mass is 620 g/mol. The number of hydrogen-bond donors (Lipinski definition) is 1. The second kappa shape index (κ2) is 12.2. The SMILES string of the molecule is COc1ccc(CN2C(=O)COc3ccc(N4C(=O)O[C@@H]5C[C@H](NCCn6c(=O)ccc7ccc(C#N)cc76)CC[C@H]54)nc32)cc1. The smallest absolute Gasteiger partial charge is 0.416 e. The minimum absolute atomic E-state index is 0.0922. The summed E-state index contributed by atoms with van der Waals surface area (Å²) in [4.78, 5) is 46.7.